The Morgan fingerprint density at radius 1 is 1.12 bits per heavy atom. The minimum atomic E-state index is -0.583. The molecular formula is C21H32ClNO. The molecule has 1 heterocycles. The van der Waals surface area contributed by atoms with E-state index < -0.39 is 5.60 Å². The topological polar surface area (TPSA) is 23.5 Å². The number of hydrogen-bond acceptors (Lipinski definition) is 2. The fourth-order valence-corrected chi connectivity index (χ4v) is 4.62. The maximum atomic E-state index is 11.5. The number of likely N-dealkylation sites (tertiary alicyclic amines) is 1. The summed E-state index contributed by atoms with van der Waals surface area (Å²) in [5.41, 5.74) is 0.624. The second kappa shape index (κ2) is 7.76. The monoisotopic (exact) mass is 349 g/mol. The van der Waals surface area contributed by atoms with E-state index in [9.17, 15) is 5.11 Å². The van der Waals surface area contributed by atoms with Gasteiger partial charge in [0.25, 0.3) is 0 Å². The number of halogens is 1. The van der Waals surface area contributed by atoms with Gasteiger partial charge in [-0.1, -0.05) is 37.6 Å². The quantitative estimate of drug-likeness (QED) is 0.817. The Morgan fingerprint density at radius 2 is 1.75 bits per heavy atom. The number of hydrogen-bond donors (Lipinski definition) is 1. The molecule has 134 valence electrons. The van der Waals surface area contributed by atoms with Crippen molar-refractivity contribution in [2.45, 2.75) is 63.9 Å². The summed E-state index contributed by atoms with van der Waals surface area (Å²) < 4.78 is 0. The number of rotatable bonds is 4. The van der Waals surface area contributed by atoms with E-state index in [1.807, 2.05) is 12.1 Å². The molecule has 2 fully saturated rings. The molecule has 1 aromatic rings. The number of nitrogens with zero attached hydrogens (tertiary/aromatic N) is 1. The Kier molecular flexibility index (Phi) is 5.89. The maximum Gasteiger partial charge on any atom is 0.0728 e. The zero-order valence-corrected chi connectivity index (χ0v) is 15.9. The van der Waals surface area contributed by atoms with Crippen LogP contribution in [0.5, 0.6) is 0 Å². The molecule has 1 unspecified atom stereocenters. The van der Waals surface area contributed by atoms with Crippen molar-refractivity contribution < 1.29 is 5.11 Å². The van der Waals surface area contributed by atoms with Crippen LogP contribution in [-0.4, -0.2) is 35.2 Å². The summed E-state index contributed by atoms with van der Waals surface area (Å²) in [6.07, 6.45) is 6.63. The lowest BCUT2D eigenvalue weighted by molar-refractivity contribution is -0.0417. The van der Waals surface area contributed by atoms with Gasteiger partial charge in [0, 0.05) is 17.5 Å². The fourth-order valence-electron chi connectivity index (χ4n) is 4.42. The van der Waals surface area contributed by atoms with Crippen LogP contribution in [-0.2, 0) is 0 Å². The van der Waals surface area contributed by atoms with Crippen molar-refractivity contribution >= 4 is 11.6 Å². The van der Waals surface area contributed by atoms with Crippen LogP contribution in [0, 0.1) is 11.8 Å². The third-order valence-electron chi connectivity index (χ3n) is 6.36. The summed E-state index contributed by atoms with van der Waals surface area (Å²) in [6, 6.07) is 8.17. The zero-order valence-electron chi connectivity index (χ0n) is 15.2. The van der Waals surface area contributed by atoms with Gasteiger partial charge in [-0.2, -0.15) is 0 Å². The summed E-state index contributed by atoms with van der Waals surface area (Å²) in [4.78, 5) is 2.56. The van der Waals surface area contributed by atoms with E-state index in [0.29, 0.717) is 0 Å². The highest BCUT2D eigenvalue weighted by atomic mass is 35.5. The van der Waals surface area contributed by atoms with Gasteiger partial charge in [0.15, 0.2) is 0 Å². The molecule has 1 saturated heterocycles. The first-order chi connectivity index (χ1) is 11.5. The van der Waals surface area contributed by atoms with Gasteiger partial charge in [0.1, 0.15) is 0 Å². The molecule has 3 heteroatoms. The molecule has 1 N–H and O–H groups in total. The van der Waals surface area contributed by atoms with E-state index >= 15 is 0 Å². The summed E-state index contributed by atoms with van der Waals surface area (Å²) in [7, 11) is 0. The average molecular weight is 350 g/mol. The summed E-state index contributed by atoms with van der Waals surface area (Å²) in [5, 5.41) is 12.3. The lowest BCUT2D eigenvalue weighted by atomic mass is 9.70. The Labute approximate surface area is 152 Å². The highest BCUT2D eigenvalue weighted by Gasteiger charge is 2.41. The highest BCUT2D eigenvalue weighted by Crippen LogP contribution is 2.42. The zero-order chi connectivity index (χ0) is 17.2. The van der Waals surface area contributed by atoms with Crippen LogP contribution >= 0.6 is 11.6 Å². The summed E-state index contributed by atoms with van der Waals surface area (Å²) in [5.74, 6) is 1.74. The Bertz CT molecular complexity index is 530. The Morgan fingerprint density at radius 3 is 2.38 bits per heavy atom. The minimum Gasteiger partial charge on any atom is -0.389 e. The third-order valence-corrected chi connectivity index (χ3v) is 6.59. The second-order valence-electron chi connectivity index (χ2n) is 8.38. The van der Waals surface area contributed by atoms with Crippen LogP contribution in [0.25, 0.3) is 0 Å². The molecule has 1 atom stereocenters. The van der Waals surface area contributed by atoms with E-state index in [1.54, 1.807) is 0 Å². The second-order valence-corrected chi connectivity index (χ2v) is 8.81. The molecule has 24 heavy (non-hydrogen) atoms. The molecule has 1 saturated carbocycles. The van der Waals surface area contributed by atoms with Crippen LogP contribution in [0.1, 0.15) is 63.9 Å². The molecule has 0 radical (unpaired) electrons. The third kappa shape index (κ3) is 4.33. The molecule has 0 bridgehead atoms. The Hall–Kier alpha value is -0.570. The SMILES string of the molecule is CC1CCN(CC(c2cccc(Cl)c2)C2(O)CCC(C)CC2)CC1. The van der Waals surface area contributed by atoms with Crippen molar-refractivity contribution in [2.75, 3.05) is 19.6 Å². The van der Waals surface area contributed by atoms with Gasteiger partial charge in [-0.05, 0) is 81.1 Å². The smallest absolute Gasteiger partial charge is 0.0728 e. The first-order valence-corrected chi connectivity index (χ1v) is 10.0. The molecule has 3 rings (SSSR count). The van der Waals surface area contributed by atoms with Gasteiger partial charge in [-0.3, -0.25) is 0 Å². The molecule has 0 spiro atoms. The predicted octanol–water partition coefficient (Wildman–Crippen LogP) is 5.10. The first-order valence-electron chi connectivity index (χ1n) is 9.66. The lowest BCUT2D eigenvalue weighted by Crippen LogP contribution is -2.46. The minimum absolute atomic E-state index is 0.164. The van der Waals surface area contributed by atoms with Crippen molar-refractivity contribution in [1.29, 1.82) is 0 Å². The van der Waals surface area contributed by atoms with E-state index in [1.165, 1.54) is 18.4 Å². The van der Waals surface area contributed by atoms with Gasteiger partial charge >= 0.3 is 0 Å². The normalized spacial score (nSPS) is 31.1. The predicted molar refractivity (Wildman–Crippen MR) is 102 cm³/mol. The molecule has 0 aromatic heterocycles. The molecule has 2 aliphatic rings. The van der Waals surface area contributed by atoms with Crippen LogP contribution in [0.4, 0.5) is 0 Å². The van der Waals surface area contributed by atoms with E-state index in [2.05, 4.69) is 30.9 Å². The van der Waals surface area contributed by atoms with Crippen molar-refractivity contribution in [3.8, 4) is 0 Å². The van der Waals surface area contributed by atoms with E-state index in [-0.39, 0.29) is 5.92 Å². The van der Waals surface area contributed by atoms with Crippen LogP contribution in [0.2, 0.25) is 5.02 Å². The van der Waals surface area contributed by atoms with Crippen LogP contribution < -0.4 is 0 Å². The van der Waals surface area contributed by atoms with Crippen molar-refractivity contribution in [3.05, 3.63) is 34.9 Å². The molecular weight excluding hydrogens is 318 g/mol. The molecule has 1 aliphatic carbocycles. The number of aliphatic hydroxyl groups is 1. The fraction of sp³-hybridized carbons (Fsp3) is 0.714. The summed E-state index contributed by atoms with van der Waals surface area (Å²) >= 11 is 6.26. The molecule has 1 aromatic carbocycles. The standard InChI is InChI=1S/C21H32ClNO/c1-16-6-10-21(24,11-7-16)20(18-4-3-5-19(22)14-18)15-23-12-8-17(2)9-13-23/h3-5,14,16-17,20,24H,6-13,15H2,1-2H3. The van der Waals surface area contributed by atoms with Gasteiger partial charge in [0.05, 0.1) is 5.60 Å². The van der Waals surface area contributed by atoms with Gasteiger partial charge in [-0.15, -0.1) is 0 Å². The van der Waals surface area contributed by atoms with E-state index in [0.717, 1.165) is 62.2 Å². The number of benzene rings is 1. The van der Waals surface area contributed by atoms with Gasteiger partial charge in [0.2, 0.25) is 0 Å². The van der Waals surface area contributed by atoms with Crippen LogP contribution in [0.3, 0.4) is 0 Å². The highest BCUT2D eigenvalue weighted by molar-refractivity contribution is 6.30. The van der Waals surface area contributed by atoms with Gasteiger partial charge in [-0.25, -0.2) is 0 Å². The molecule has 0 amide bonds. The molecule has 1 aliphatic heterocycles. The van der Waals surface area contributed by atoms with E-state index in [4.69, 9.17) is 11.6 Å². The van der Waals surface area contributed by atoms with Crippen molar-refractivity contribution in [2.24, 2.45) is 11.8 Å². The average Bonchev–Trinajstić information content (AvgIpc) is 2.57. The lowest BCUT2D eigenvalue weighted by Gasteiger charge is -2.44. The van der Waals surface area contributed by atoms with Gasteiger partial charge < -0.3 is 10.0 Å². The summed E-state index contributed by atoms with van der Waals surface area (Å²) in [6.45, 7) is 7.93. The molecule has 2 nitrogen and oxygen atoms in total. The van der Waals surface area contributed by atoms with Crippen molar-refractivity contribution in [3.63, 3.8) is 0 Å². The maximum absolute atomic E-state index is 11.5. The largest absolute Gasteiger partial charge is 0.389 e. The Balaban J connectivity index is 1.81. The van der Waals surface area contributed by atoms with Crippen molar-refractivity contribution in [1.82, 2.24) is 4.90 Å². The number of piperidine rings is 1. The first kappa shape index (κ1) is 18.2. The van der Waals surface area contributed by atoms with Crippen LogP contribution in [0.15, 0.2) is 24.3 Å².